The third-order valence-corrected chi connectivity index (χ3v) is 11.3. The Labute approximate surface area is 316 Å². The van der Waals surface area contributed by atoms with Crippen LogP contribution in [0, 0.1) is 0 Å². The fourth-order valence-corrected chi connectivity index (χ4v) is 8.48. The van der Waals surface area contributed by atoms with Crippen molar-refractivity contribution in [2.24, 2.45) is 0 Å². The van der Waals surface area contributed by atoms with Gasteiger partial charge in [-0.15, -0.1) is 0 Å². The van der Waals surface area contributed by atoms with Gasteiger partial charge >= 0.3 is 6.03 Å². The van der Waals surface area contributed by atoms with E-state index in [1.165, 1.54) is 41.5 Å². The molecule has 55 heavy (non-hydrogen) atoms. The molecule has 1 saturated heterocycles. The molecule has 1 unspecified atom stereocenters. The number of piperidine rings is 1. The third-order valence-electron chi connectivity index (χ3n) is 10.0. The standard InChI is InChI=1S/C38H40N6O10S/c45-31-14-13-30(35(47)41-31)44-36(48)28-11-4-12-29(33(28)37(44)49)39-15-16-53-17-18-54-21-32(46)40-24-7-3-8-25(20-24)55(51,52)43-38(50)42-34-26-9-1-5-22(26)19-23-6-2-10-27(23)34/h3-4,7-8,11-12,19-20,30,39H,1-2,5-6,9-10,13-18,21H2,(H,40,46)(H,41,45,47)(H2,42,43,50). The van der Waals surface area contributed by atoms with Crippen LogP contribution in [0.3, 0.4) is 0 Å². The van der Waals surface area contributed by atoms with Gasteiger partial charge in [-0.05, 0) is 97.5 Å². The van der Waals surface area contributed by atoms with Crippen LogP contribution in [-0.4, -0.2) is 87.9 Å². The molecule has 3 aromatic rings. The molecule has 0 saturated carbocycles. The molecule has 0 bridgehead atoms. The third kappa shape index (κ3) is 8.08. The molecule has 0 aromatic heterocycles. The quantitative estimate of drug-likeness (QED) is 0.119. The molecule has 7 amide bonds. The van der Waals surface area contributed by atoms with Gasteiger partial charge in [-0.3, -0.25) is 34.2 Å². The van der Waals surface area contributed by atoms with Crippen molar-refractivity contribution in [3.63, 3.8) is 0 Å². The number of imide groups is 2. The van der Waals surface area contributed by atoms with Crippen molar-refractivity contribution >= 4 is 62.7 Å². The highest BCUT2D eigenvalue weighted by molar-refractivity contribution is 7.90. The van der Waals surface area contributed by atoms with Crippen molar-refractivity contribution in [1.29, 1.82) is 0 Å². The van der Waals surface area contributed by atoms with Gasteiger partial charge < -0.3 is 25.4 Å². The van der Waals surface area contributed by atoms with Gasteiger partial charge in [-0.1, -0.05) is 18.2 Å². The van der Waals surface area contributed by atoms with E-state index in [0.29, 0.717) is 5.69 Å². The molecule has 7 rings (SSSR count). The van der Waals surface area contributed by atoms with Crippen molar-refractivity contribution in [2.75, 3.05) is 48.9 Å². The first-order valence-corrected chi connectivity index (χ1v) is 19.6. The predicted molar refractivity (Wildman–Crippen MR) is 198 cm³/mol. The van der Waals surface area contributed by atoms with Gasteiger partial charge in [0.1, 0.15) is 12.6 Å². The number of ether oxygens (including phenoxy) is 2. The second-order valence-electron chi connectivity index (χ2n) is 13.6. The summed E-state index contributed by atoms with van der Waals surface area (Å²) in [6.45, 7) is 0.340. The molecular weight excluding hydrogens is 733 g/mol. The SMILES string of the molecule is O=C1CCC(N2C(=O)c3cccc(NCCOCCOCC(=O)Nc4cccc(S(=O)(=O)NC(=O)Nc5c6c(cc7c5CCC7)CCC6)c4)c3C2=O)C(=O)N1. The van der Waals surface area contributed by atoms with Crippen molar-refractivity contribution in [3.8, 4) is 0 Å². The Morgan fingerprint density at radius 1 is 0.818 bits per heavy atom. The van der Waals surface area contributed by atoms with Gasteiger partial charge in [0.15, 0.2) is 0 Å². The Kier molecular flexibility index (Phi) is 10.9. The van der Waals surface area contributed by atoms with Gasteiger partial charge in [0.05, 0.1) is 35.8 Å². The summed E-state index contributed by atoms with van der Waals surface area (Å²) < 4.78 is 39.3. The first-order chi connectivity index (χ1) is 26.5. The summed E-state index contributed by atoms with van der Waals surface area (Å²) in [6.07, 6.45) is 5.63. The van der Waals surface area contributed by atoms with Crippen LogP contribution in [-0.2, 0) is 59.6 Å². The number of urea groups is 1. The highest BCUT2D eigenvalue weighted by atomic mass is 32.2. The summed E-state index contributed by atoms with van der Waals surface area (Å²) in [5, 5.41) is 10.7. The Balaban J connectivity index is 0.826. The molecule has 1 atom stereocenters. The van der Waals surface area contributed by atoms with E-state index < -0.39 is 51.6 Å². The maximum Gasteiger partial charge on any atom is 0.333 e. The molecule has 5 N–H and O–H groups in total. The molecule has 4 aliphatic rings. The van der Waals surface area contributed by atoms with E-state index in [1.54, 1.807) is 12.1 Å². The fourth-order valence-electron chi connectivity index (χ4n) is 7.53. The van der Waals surface area contributed by atoms with E-state index in [2.05, 4.69) is 32.1 Å². The predicted octanol–water partition coefficient (Wildman–Crippen LogP) is 2.66. The molecule has 3 aromatic carbocycles. The van der Waals surface area contributed by atoms with Crippen LogP contribution in [0.4, 0.5) is 21.9 Å². The van der Waals surface area contributed by atoms with Crippen LogP contribution in [0.15, 0.2) is 53.4 Å². The number of sulfonamides is 1. The second kappa shape index (κ2) is 16.0. The largest absolute Gasteiger partial charge is 0.382 e. The zero-order chi connectivity index (χ0) is 38.7. The monoisotopic (exact) mass is 772 g/mol. The van der Waals surface area contributed by atoms with Crippen molar-refractivity contribution in [1.82, 2.24) is 14.9 Å². The summed E-state index contributed by atoms with van der Waals surface area (Å²) in [5.41, 5.74) is 6.21. The number of benzene rings is 3. The Morgan fingerprint density at radius 3 is 2.29 bits per heavy atom. The number of nitrogens with one attached hydrogen (secondary N) is 5. The first kappa shape index (κ1) is 37.7. The summed E-state index contributed by atoms with van der Waals surface area (Å²) in [5.74, 6) is -2.88. The van der Waals surface area contributed by atoms with Crippen LogP contribution in [0.2, 0.25) is 0 Å². The zero-order valence-electron chi connectivity index (χ0n) is 29.8. The van der Waals surface area contributed by atoms with Crippen molar-refractivity contribution < 1.29 is 46.7 Å². The Bertz CT molecular complexity index is 2170. The normalized spacial score (nSPS) is 17.4. The van der Waals surface area contributed by atoms with E-state index in [1.807, 2.05) is 0 Å². The van der Waals surface area contributed by atoms with E-state index >= 15 is 0 Å². The topological polar surface area (TPSA) is 218 Å². The van der Waals surface area contributed by atoms with Crippen molar-refractivity contribution in [2.45, 2.75) is 62.3 Å². The number of hydrogen-bond donors (Lipinski definition) is 5. The maximum atomic E-state index is 13.2. The second-order valence-corrected chi connectivity index (χ2v) is 15.3. The van der Waals surface area contributed by atoms with Crippen LogP contribution in [0.25, 0.3) is 0 Å². The summed E-state index contributed by atoms with van der Waals surface area (Å²) in [7, 11) is -4.26. The van der Waals surface area contributed by atoms with E-state index in [0.717, 1.165) is 60.2 Å². The maximum absolute atomic E-state index is 13.2. The fraction of sp³-hybridized carbons (Fsp3) is 0.368. The molecule has 16 nitrogen and oxygen atoms in total. The molecule has 17 heteroatoms. The van der Waals surface area contributed by atoms with Gasteiger partial charge in [0.25, 0.3) is 21.8 Å². The lowest BCUT2D eigenvalue weighted by Gasteiger charge is -2.27. The molecule has 0 spiro atoms. The summed E-state index contributed by atoms with van der Waals surface area (Å²) >= 11 is 0. The molecule has 288 valence electrons. The number of anilines is 3. The van der Waals surface area contributed by atoms with Gasteiger partial charge in [-0.25, -0.2) is 17.9 Å². The molecule has 2 aliphatic heterocycles. The van der Waals surface area contributed by atoms with Crippen LogP contribution in [0.5, 0.6) is 0 Å². The minimum Gasteiger partial charge on any atom is -0.382 e. The summed E-state index contributed by atoms with van der Waals surface area (Å²) in [4.78, 5) is 76.3. The average molecular weight is 773 g/mol. The lowest BCUT2D eigenvalue weighted by molar-refractivity contribution is -0.136. The summed E-state index contributed by atoms with van der Waals surface area (Å²) in [6, 6.07) is 10.6. The number of carbonyl (C=O) groups is 6. The number of hydrogen-bond acceptors (Lipinski definition) is 11. The lowest BCUT2D eigenvalue weighted by Crippen LogP contribution is -2.54. The van der Waals surface area contributed by atoms with Gasteiger partial charge in [0.2, 0.25) is 17.7 Å². The number of fused-ring (bicyclic) bond motifs is 3. The number of nitrogens with zero attached hydrogens (tertiary/aromatic N) is 1. The van der Waals surface area contributed by atoms with Crippen LogP contribution < -0.4 is 26.0 Å². The molecule has 0 radical (unpaired) electrons. The minimum atomic E-state index is -4.26. The van der Waals surface area contributed by atoms with E-state index in [-0.39, 0.29) is 67.5 Å². The highest BCUT2D eigenvalue weighted by Crippen LogP contribution is 2.39. The Hall–Kier alpha value is -5.65. The van der Waals surface area contributed by atoms with E-state index in [4.69, 9.17) is 9.47 Å². The molecular formula is C38H40N6O10S. The number of rotatable bonds is 14. The molecule has 1 fully saturated rings. The zero-order valence-corrected chi connectivity index (χ0v) is 30.6. The first-order valence-electron chi connectivity index (χ1n) is 18.1. The number of amides is 7. The van der Waals surface area contributed by atoms with Crippen molar-refractivity contribution in [3.05, 3.63) is 81.9 Å². The number of aryl methyl sites for hydroxylation is 2. The minimum absolute atomic E-state index is 0.0271. The molecule has 2 heterocycles. The Morgan fingerprint density at radius 2 is 1.55 bits per heavy atom. The van der Waals surface area contributed by atoms with Gasteiger partial charge in [0, 0.05) is 30.0 Å². The van der Waals surface area contributed by atoms with Crippen LogP contribution >= 0.6 is 0 Å². The van der Waals surface area contributed by atoms with E-state index in [9.17, 15) is 37.2 Å². The number of carbonyl (C=O) groups excluding carboxylic acids is 6. The van der Waals surface area contributed by atoms with Gasteiger partial charge in [-0.2, -0.15) is 0 Å². The van der Waals surface area contributed by atoms with Crippen LogP contribution in [0.1, 0.15) is 68.7 Å². The molecule has 2 aliphatic carbocycles. The highest BCUT2D eigenvalue weighted by Gasteiger charge is 2.45. The smallest absolute Gasteiger partial charge is 0.333 e. The lowest BCUT2D eigenvalue weighted by atomic mass is 9.99. The average Bonchev–Trinajstić information content (AvgIpc) is 3.88.